The lowest BCUT2D eigenvalue weighted by Crippen LogP contribution is -2.54. The molecule has 1 amide bonds. The monoisotopic (exact) mass is 478 g/mol. The summed E-state index contributed by atoms with van der Waals surface area (Å²) in [6, 6.07) is 1.91. The molecule has 0 aliphatic carbocycles. The molecule has 11 nitrogen and oxygen atoms in total. The maximum Gasteiger partial charge on any atom is 0.290 e. The van der Waals surface area contributed by atoms with Gasteiger partial charge in [0.1, 0.15) is 4.90 Å². The van der Waals surface area contributed by atoms with Gasteiger partial charge in [-0.05, 0) is 19.9 Å². The van der Waals surface area contributed by atoms with Crippen LogP contribution in [0.15, 0.2) is 23.4 Å². The van der Waals surface area contributed by atoms with Crippen molar-refractivity contribution in [1.82, 2.24) is 24.3 Å². The first kappa shape index (κ1) is 22.5. The molecular formula is C21H30N6O5S. The van der Waals surface area contributed by atoms with Crippen molar-refractivity contribution in [1.29, 1.82) is 0 Å². The topological polar surface area (TPSA) is 118 Å². The van der Waals surface area contributed by atoms with Crippen molar-refractivity contribution in [3.63, 3.8) is 0 Å². The molecule has 2 aromatic rings. The van der Waals surface area contributed by atoms with E-state index in [1.54, 1.807) is 21.6 Å². The lowest BCUT2D eigenvalue weighted by Gasteiger charge is -2.38. The number of carbonyl (C=O) groups is 1. The predicted molar refractivity (Wildman–Crippen MR) is 121 cm³/mol. The lowest BCUT2D eigenvalue weighted by atomic mass is 10.1. The molecule has 2 N–H and O–H groups in total. The first-order chi connectivity index (χ1) is 15.8. The van der Waals surface area contributed by atoms with Gasteiger partial charge >= 0.3 is 0 Å². The second-order valence-electron chi connectivity index (χ2n) is 9.03. The molecule has 5 heterocycles. The summed E-state index contributed by atoms with van der Waals surface area (Å²) in [6.07, 6.45) is 3.15. The highest BCUT2D eigenvalue weighted by molar-refractivity contribution is 7.89. The Kier molecular flexibility index (Phi) is 6.04. The molecule has 180 valence electrons. The van der Waals surface area contributed by atoms with Gasteiger partial charge in [0.05, 0.1) is 49.9 Å². The van der Waals surface area contributed by atoms with Gasteiger partial charge in [0.25, 0.3) is 5.91 Å². The number of sulfonamides is 1. The molecule has 3 saturated heterocycles. The highest BCUT2D eigenvalue weighted by Gasteiger charge is 2.30. The zero-order chi connectivity index (χ0) is 23.2. The van der Waals surface area contributed by atoms with Gasteiger partial charge in [0.15, 0.2) is 0 Å². The first-order valence-corrected chi connectivity index (χ1v) is 12.8. The van der Waals surface area contributed by atoms with E-state index in [1.165, 1.54) is 6.20 Å². The van der Waals surface area contributed by atoms with Gasteiger partial charge < -0.3 is 24.6 Å². The molecule has 0 saturated carbocycles. The molecule has 0 aromatic carbocycles. The minimum Gasteiger partial charge on any atom is -0.378 e. The van der Waals surface area contributed by atoms with Gasteiger partial charge in [-0.1, -0.05) is 0 Å². The van der Waals surface area contributed by atoms with E-state index >= 15 is 0 Å². The second-order valence-corrected chi connectivity index (χ2v) is 10.7. The van der Waals surface area contributed by atoms with Crippen LogP contribution in [-0.2, 0) is 19.5 Å². The molecule has 0 radical (unpaired) electrons. The van der Waals surface area contributed by atoms with Crippen molar-refractivity contribution >= 4 is 27.1 Å². The van der Waals surface area contributed by atoms with Crippen molar-refractivity contribution in [3.8, 4) is 0 Å². The number of aromatic nitrogens is 2. The smallest absolute Gasteiger partial charge is 0.290 e. The zero-order valence-corrected chi connectivity index (χ0v) is 19.7. The summed E-state index contributed by atoms with van der Waals surface area (Å²) in [5.41, 5.74) is 1.45. The van der Waals surface area contributed by atoms with Crippen LogP contribution < -0.4 is 14.9 Å². The van der Waals surface area contributed by atoms with Crippen molar-refractivity contribution in [2.75, 3.05) is 57.5 Å². The highest BCUT2D eigenvalue weighted by Crippen LogP contribution is 2.29. The summed E-state index contributed by atoms with van der Waals surface area (Å²) in [6.45, 7) is 8.25. The number of hydrogen-bond donors (Lipinski definition) is 2. The molecule has 3 aliphatic rings. The number of nitrogens with one attached hydrogen (secondary N) is 2. The van der Waals surface area contributed by atoms with Crippen LogP contribution in [0.3, 0.4) is 0 Å². The molecule has 5 rings (SSSR count). The highest BCUT2D eigenvalue weighted by atomic mass is 32.2. The molecule has 0 bridgehead atoms. The number of carbonyl (C=O) groups excluding carboxylic acids is 1. The summed E-state index contributed by atoms with van der Waals surface area (Å²) in [4.78, 5) is 21.6. The average Bonchev–Trinajstić information content (AvgIpc) is 3.19. The Balaban J connectivity index is 1.60. The fourth-order valence-electron chi connectivity index (χ4n) is 4.64. The number of anilines is 1. The van der Waals surface area contributed by atoms with E-state index in [-0.39, 0.29) is 34.8 Å². The predicted octanol–water partition coefficient (Wildman–Crippen LogP) is -0.330. The number of fused-ring (bicyclic) bond motifs is 1. The maximum atomic E-state index is 13.2. The number of imidazole rings is 1. The number of amides is 1. The van der Waals surface area contributed by atoms with Gasteiger partial charge in [-0.2, -0.15) is 0 Å². The van der Waals surface area contributed by atoms with Crippen molar-refractivity contribution < 1.29 is 22.7 Å². The second kappa shape index (κ2) is 8.84. The van der Waals surface area contributed by atoms with Crippen molar-refractivity contribution in [2.24, 2.45) is 0 Å². The van der Waals surface area contributed by atoms with Crippen molar-refractivity contribution in [3.05, 3.63) is 24.3 Å². The summed E-state index contributed by atoms with van der Waals surface area (Å²) in [7, 11) is -3.81. The van der Waals surface area contributed by atoms with Crippen LogP contribution >= 0.6 is 0 Å². The third-order valence-electron chi connectivity index (χ3n) is 6.25. The van der Waals surface area contributed by atoms with E-state index in [0.717, 1.165) is 5.69 Å². The van der Waals surface area contributed by atoms with Crippen LogP contribution in [0.4, 0.5) is 5.69 Å². The third-order valence-corrected chi connectivity index (χ3v) is 7.74. The molecule has 3 fully saturated rings. The van der Waals surface area contributed by atoms with E-state index in [2.05, 4.69) is 33.8 Å². The summed E-state index contributed by atoms with van der Waals surface area (Å²) >= 11 is 0. The largest absolute Gasteiger partial charge is 0.378 e. The lowest BCUT2D eigenvalue weighted by molar-refractivity contribution is 0.00482. The molecular weight excluding hydrogens is 448 g/mol. The summed E-state index contributed by atoms with van der Waals surface area (Å²) in [5, 5.41) is 3.50. The molecule has 0 spiro atoms. The van der Waals surface area contributed by atoms with E-state index in [1.807, 2.05) is 0 Å². The SMILES string of the molecule is C[C@H]1CN(c2cc(S(=O)(=O)NC3COC3)cn3c(C(=O)N4CCOCC4)ncc23)C[C@H](C)N1. The van der Waals surface area contributed by atoms with E-state index in [4.69, 9.17) is 9.47 Å². The van der Waals surface area contributed by atoms with Crippen LogP contribution in [0.1, 0.15) is 24.5 Å². The van der Waals surface area contributed by atoms with Crippen molar-refractivity contribution in [2.45, 2.75) is 36.9 Å². The van der Waals surface area contributed by atoms with Crippen LogP contribution in [0.5, 0.6) is 0 Å². The quantitative estimate of drug-likeness (QED) is 0.600. The number of pyridine rings is 1. The zero-order valence-electron chi connectivity index (χ0n) is 18.9. The standard InChI is InChI=1S/C21H30N6O5S/c1-14-9-26(10-15(2)23-14)18-7-17(33(29,30)24-16-12-32-13-16)11-27-19(18)8-22-20(27)21(28)25-3-5-31-6-4-25/h7-8,11,14-16,23-24H,3-6,9-10,12-13H2,1-2H3/t14-,15-/m0/s1. The van der Waals surface area contributed by atoms with Gasteiger partial charge in [0, 0.05) is 44.5 Å². The fraction of sp³-hybridized carbons (Fsp3) is 0.619. The molecule has 0 unspecified atom stereocenters. The maximum absolute atomic E-state index is 13.2. The minimum absolute atomic E-state index is 0.102. The number of rotatable bonds is 5. The molecule has 2 atom stereocenters. The van der Waals surface area contributed by atoms with E-state index in [0.29, 0.717) is 58.1 Å². The third kappa shape index (κ3) is 4.45. The summed E-state index contributed by atoms with van der Waals surface area (Å²) < 4.78 is 41.2. The van der Waals surface area contributed by atoms with Crippen LogP contribution in [0.25, 0.3) is 5.52 Å². The van der Waals surface area contributed by atoms with Crippen LogP contribution in [0.2, 0.25) is 0 Å². The molecule has 2 aromatic heterocycles. The number of ether oxygens (including phenoxy) is 2. The van der Waals surface area contributed by atoms with Crippen LogP contribution in [-0.4, -0.2) is 99.3 Å². The first-order valence-electron chi connectivity index (χ1n) is 11.3. The Morgan fingerprint density at radius 1 is 1.15 bits per heavy atom. The Morgan fingerprint density at radius 2 is 1.85 bits per heavy atom. The Labute approximate surface area is 193 Å². The average molecular weight is 479 g/mol. The normalized spacial score (nSPS) is 24.8. The molecule has 12 heteroatoms. The van der Waals surface area contributed by atoms with E-state index in [9.17, 15) is 13.2 Å². The number of piperazine rings is 1. The Bertz CT molecular complexity index is 1130. The molecule has 3 aliphatic heterocycles. The van der Waals surface area contributed by atoms with Gasteiger partial charge in [-0.3, -0.25) is 9.20 Å². The Morgan fingerprint density at radius 3 is 2.48 bits per heavy atom. The minimum atomic E-state index is -3.81. The van der Waals surface area contributed by atoms with Gasteiger partial charge in [-0.15, -0.1) is 0 Å². The fourth-order valence-corrected chi connectivity index (χ4v) is 5.86. The summed E-state index contributed by atoms with van der Waals surface area (Å²) in [5.74, 6) is -0.0328. The number of nitrogens with zero attached hydrogens (tertiary/aromatic N) is 4. The van der Waals surface area contributed by atoms with Gasteiger partial charge in [0.2, 0.25) is 15.8 Å². The van der Waals surface area contributed by atoms with Gasteiger partial charge in [-0.25, -0.2) is 18.1 Å². The number of morpholine rings is 1. The molecule has 33 heavy (non-hydrogen) atoms. The number of hydrogen-bond acceptors (Lipinski definition) is 8. The Hall–Kier alpha value is -2.25. The van der Waals surface area contributed by atoms with Crippen LogP contribution in [0, 0.1) is 0 Å². The van der Waals surface area contributed by atoms with E-state index < -0.39 is 10.0 Å².